The summed E-state index contributed by atoms with van der Waals surface area (Å²) in [5, 5.41) is 0. The number of nitrogen functional groups attached to an aromatic ring is 1. The van der Waals surface area contributed by atoms with E-state index < -0.39 is 0 Å². The number of aromatic nitrogens is 1. The number of anilines is 1. The highest BCUT2D eigenvalue weighted by Gasteiger charge is 2.03. The average molecular weight is 279 g/mol. The molecule has 0 aliphatic heterocycles. The first-order valence-corrected chi connectivity index (χ1v) is 5.61. The number of nitrogens with zero attached hydrogens (tertiary/aromatic N) is 1. The van der Waals surface area contributed by atoms with Crippen molar-refractivity contribution in [1.82, 2.24) is 4.98 Å². The number of hydrogen-bond acceptors (Lipinski definition) is 3. The van der Waals surface area contributed by atoms with Crippen molar-refractivity contribution in [3.05, 3.63) is 46.6 Å². The van der Waals surface area contributed by atoms with Gasteiger partial charge in [-0.05, 0) is 43.3 Å². The summed E-state index contributed by atoms with van der Waals surface area (Å²) in [5.74, 6) is 1.16. The molecule has 0 unspecified atom stereocenters. The second kappa shape index (κ2) is 4.53. The van der Waals surface area contributed by atoms with E-state index in [4.69, 9.17) is 10.5 Å². The molecule has 0 radical (unpaired) electrons. The van der Waals surface area contributed by atoms with Crippen LogP contribution in [0.3, 0.4) is 0 Å². The third-order valence-electron chi connectivity index (χ3n) is 2.06. The van der Waals surface area contributed by atoms with E-state index in [1.165, 1.54) is 0 Å². The number of benzene rings is 1. The molecule has 1 heterocycles. The molecule has 0 bridgehead atoms. The van der Waals surface area contributed by atoms with Crippen LogP contribution in [0.2, 0.25) is 0 Å². The fourth-order valence-electron chi connectivity index (χ4n) is 1.24. The van der Waals surface area contributed by atoms with Crippen molar-refractivity contribution in [3.8, 4) is 11.6 Å². The normalized spacial score (nSPS) is 10.1. The molecule has 2 aromatic rings. The minimum absolute atomic E-state index is 0.447. The van der Waals surface area contributed by atoms with Crippen LogP contribution < -0.4 is 10.5 Å². The molecule has 0 aliphatic carbocycles. The largest absolute Gasteiger partial charge is 0.437 e. The maximum atomic E-state index is 5.77. The Morgan fingerprint density at radius 1 is 1.12 bits per heavy atom. The van der Waals surface area contributed by atoms with Crippen molar-refractivity contribution in [3.63, 3.8) is 0 Å². The van der Waals surface area contributed by atoms with Gasteiger partial charge in [0.2, 0.25) is 5.88 Å². The summed E-state index contributed by atoms with van der Waals surface area (Å²) in [6.07, 6.45) is 0. The van der Waals surface area contributed by atoms with E-state index in [9.17, 15) is 0 Å². The molecule has 0 fully saturated rings. The predicted octanol–water partition coefficient (Wildman–Crippen LogP) is 3.53. The lowest BCUT2D eigenvalue weighted by Gasteiger charge is -2.07. The fourth-order valence-corrected chi connectivity index (χ4v) is 1.50. The zero-order valence-electron chi connectivity index (χ0n) is 8.77. The van der Waals surface area contributed by atoms with Gasteiger partial charge in [0, 0.05) is 10.2 Å². The molecule has 1 aromatic heterocycles. The SMILES string of the molecule is Cc1ccc(N)c(Oc2ccc(Br)cc2)n1. The van der Waals surface area contributed by atoms with E-state index in [2.05, 4.69) is 20.9 Å². The lowest BCUT2D eigenvalue weighted by atomic mass is 10.3. The van der Waals surface area contributed by atoms with Crippen LogP contribution in [0.4, 0.5) is 5.69 Å². The molecule has 0 amide bonds. The van der Waals surface area contributed by atoms with Gasteiger partial charge in [-0.1, -0.05) is 15.9 Å². The van der Waals surface area contributed by atoms with Crippen molar-refractivity contribution in [1.29, 1.82) is 0 Å². The van der Waals surface area contributed by atoms with Gasteiger partial charge in [0.1, 0.15) is 5.75 Å². The van der Waals surface area contributed by atoms with Crippen LogP contribution in [0, 0.1) is 6.92 Å². The second-order valence-corrected chi connectivity index (χ2v) is 4.32. The number of ether oxygens (including phenoxy) is 1. The minimum Gasteiger partial charge on any atom is -0.437 e. The Kier molecular flexibility index (Phi) is 3.10. The summed E-state index contributed by atoms with van der Waals surface area (Å²) in [6.45, 7) is 1.90. The highest BCUT2D eigenvalue weighted by atomic mass is 79.9. The molecular formula is C12H11BrN2O. The molecule has 0 atom stereocenters. The molecule has 0 saturated carbocycles. The van der Waals surface area contributed by atoms with Gasteiger partial charge in [0.15, 0.2) is 0 Å². The summed E-state index contributed by atoms with van der Waals surface area (Å²) in [5.41, 5.74) is 7.18. The average Bonchev–Trinajstić information content (AvgIpc) is 2.27. The topological polar surface area (TPSA) is 48.1 Å². The molecule has 1 aromatic carbocycles. The highest BCUT2D eigenvalue weighted by molar-refractivity contribution is 9.10. The summed E-state index contributed by atoms with van der Waals surface area (Å²) < 4.78 is 6.59. The molecular weight excluding hydrogens is 268 g/mol. The van der Waals surface area contributed by atoms with Crippen LogP contribution in [0.5, 0.6) is 11.6 Å². The first kappa shape index (κ1) is 11.0. The number of halogens is 1. The number of aryl methyl sites for hydroxylation is 1. The second-order valence-electron chi connectivity index (χ2n) is 3.40. The predicted molar refractivity (Wildman–Crippen MR) is 67.6 cm³/mol. The van der Waals surface area contributed by atoms with E-state index in [1.54, 1.807) is 6.07 Å². The lowest BCUT2D eigenvalue weighted by molar-refractivity contribution is 0.464. The molecule has 82 valence electrons. The third-order valence-corrected chi connectivity index (χ3v) is 2.59. The Morgan fingerprint density at radius 3 is 2.50 bits per heavy atom. The van der Waals surface area contributed by atoms with Crippen molar-refractivity contribution >= 4 is 21.6 Å². The van der Waals surface area contributed by atoms with Crippen LogP contribution in [0.25, 0.3) is 0 Å². The molecule has 0 saturated heterocycles. The van der Waals surface area contributed by atoms with Gasteiger partial charge in [-0.15, -0.1) is 0 Å². The van der Waals surface area contributed by atoms with Gasteiger partial charge in [-0.2, -0.15) is 0 Å². The molecule has 2 N–H and O–H groups in total. The molecule has 4 heteroatoms. The first-order valence-electron chi connectivity index (χ1n) is 4.82. The summed E-state index contributed by atoms with van der Waals surface area (Å²) in [6, 6.07) is 11.2. The Hall–Kier alpha value is -1.55. The Balaban J connectivity index is 2.26. The summed E-state index contributed by atoms with van der Waals surface area (Å²) in [7, 11) is 0. The van der Waals surface area contributed by atoms with Crippen LogP contribution in [0.1, 0.15) is 5.69 Å². The molecule has 0 spiro atoms. The number of pyridine rings is 1. The molecule has 2 rings (SSSR count). The van der Waals surface area contributed by atoms with Crippen LogP contribution in [-0.2, 0) is 0 Å². The van der Waals surface area contributed by atoms with Gasteiger partial charge in [0.25, 0.3) is 0 Å². The zero-order chi connectivity index (χ0) is 11.5. The van der Waals surface area contributed by atoms with Crippen LogP contribution >= 0.6 is 15.9 Å². The summed E-state index contributed by atoms with van der Waals surface area (Å²) >= 11 is 3.36. The van der Waals surface area contributed by atoms with Gasteiger partial charge in [0.05, 0.1) is 5.69 Å². The number of hydrogen-bond donors (Lipinski definition) is 1. The number of nitrogens with two attached hydrogens (primary N) is 1. The Labute approximate surface area is 102 Å². The van der Waals surface area contributed by atoms with Gasteiger partial charge < -0.3 is 10.5 Å². The van der Waals surface area contributed by atoms with Gasteiger partial charge >= 0.3 is 0 Å². The monoisotopic (exact) mass is 278 g/mol. The number of rotatable bonds is 2. The third kappa shape index (κ3) is 2.52. The fraction of sp³-hybridized carbons (Fsp3) is 0.0833. The molecule has 0 aliphatic rings. The Bertz CT molecular complexity index is 497. The van der Waals surface area contributed by atoms with Crippen LogP contribution in [0.15, 0.2) is 40.9 Å². The summed E-state index contributed by atoms with van der Waals surface area (Å²) in [4.78, 5) is 4.23. The quantitative estimate of drug-likeness (QED) is 0.914. The van der Waals surface area contributed by atoms with Crippen molar-refractivity contribution in [2.75, 3.05) is 5.73 Å². The van der Waals surface area contributed by atoms with Crippen LogP contribution in [-0.4, -0.2) is 4.98 Å². The first-order chi connectivity index (χ1) is 7.65. The zero-order valence-corrected chi connectivity index (χ0v) is 10.4. The highest BCUT2D eigenvalue weighted by Crippen LogP contribution is 2.26. The van der Waals surface area contributed by atoms with E-state index >= 15 is 0 Å². The van der Waals surface area contributed by atoms with Crippen molar-refractivity contribution < 1.29 is 4.74 Å². The van der Waals surface area contributed by atoms with Gasteiger partial charge in [-0.25, -0.2) is 4.98 Å². The maximum Gasteiger partial charge on any atom is 0.242 e. The molecule has 3 nitrogen and oxygen atoms in total. The van der Waals surface area contributed by atoms with E-state index in [0.717, 1.165) is 10.2 Å². The maximum absolute atomic E-state index is 5.77. The Morgan fingerprint density at radius 2 is 1.81 bits per heavy atom. The smallest absolute Gasteiger partial charge is 0.242 e. The van der Waals surface area contributed by atoms with E-state index in [0.29, 0.717) is 17.3 Å². The minimum atomic E-state index is 0.447. The van der Waals surface area contributed by atoms with Crippen molar-refractivity contribution in [2.45, 2.75) is 6.92 Å². The molecule has 16 heavy (non-hydrogen) atoms. The van der Waals surface area contributed by atoms with Crippen molar-refractivity contribution in [2.24, 2.45) is 0 Å². The lowest BCUT2D eigenvalue weighted by Crippen LogP contribution is -1.96. The van der Waals surface area contributed by atoms with E-state index in [1.807, 2.05) is 37.3 Å². The van der Waals surface area contributed by atoms with Gasteiger partial charge in [-0.3, -0.25) is 0 Å². The van der Waals surface area contributed by atoms with E-state index in [-0.39, 0.29) is 0 Å². The standard InChI is InChI=1S/C12H11BrN2O/c1-8-2-7-11(14)12(15-8)16-10-5-3-9(13)4-6-10/h2-7H,14H2,1H3.